The fourth-order valence-corrected chi connectivity index (χ4v) is 3.64. The first kappa shape index (κ1) is 19.7. The summed E-state index contributed by atoms with van der Waals surface area (Å²) in [5, 5.41) is 7.32. The summed E-state index contributed by atoms with van der Waals surface area (Å²) < 4.78 is 5.39. The molecule has 0 bridgehead atoms. The second-order valence-corrected chi connectivity index (χ2v) is 7.47. The van der Waals surface area contributed by atoms with E-state index in [0.717, 1.165) is 47.8 Å². The number of fused-ring (bicyclic) bond motifs is 1. The highest BCUT2D eigenvalue weighted by molar-refractivity contribution is 7.98. The van der Waals surface area contributed by atoms with Gasteiger partial charge in [0.25, 0.3) is 11.4 Å². The number of benzene rings is 1. The highest BCUT2D eigenvalue weighted by Gasteiger charge is 2.17. The lowest BCUT2D eigenvalue weighted by atomic mass is 10.0. The van der Waals surface area contributed by atoms with Crippen LogP contribution in [0.5, 0.6) is 0 Å². The van der Waals surface area contributed by atoms with E-state index in [4.69, 9.17) is 4.52 Å². The van der Waals surface area contributed by atoms with Gasteiger partial charge in [0.1, 0.15) is 0 Å². The zero-order valence-electron chi connectivity index (χ0n) is 14.9. The zero-order valence-corrected chi connectivity index (χ0v) is 16.6. The number of nitrogens with zero attached hydrogens (tertiary/aromatic N) is 2. The standard InChI is InChI=1S/C19H20N4O2S.ClH/c1-2-26-11-12-3-5-13(6-4-12)19-22-17(23-25-19)15-9-14-10-20-8-7-16(14)21-18(15)24;/h3-6,9,20H,2,7-8,10-11H2,1H3,(H,21,24);1H. The van der Waals surface area contributed by atoms with E-state index in [-0.39, 0.29) is 18.0 Å². The molecule has 0 fully saturated rings. The Bertz CT molecular complexity index is 969. The van der Waals surface area contributed by atoms with Crippen LogP contribution >= 0.6 is 24.2 Å². The molecule has 0 aliphatic carbocycles. The maximum atomic E-state index is 12.4. The van der Waals surface area contributed by atoms with Gasteiger partial charge in [-0.1, -0.05) is 24.2 Å². The molecule has 0 unspecified atom stereocenters. The number of hydrogen-bond donors (Lipinski definition) is 2. The molecule has 8 heteroatoms. The number of H-pyrrole nitrogens is 1. The van der Waals surface area contributed by atoms with E-state index in [9.17, 15) is 4.79 Å². The lowest BCUT2D eigenvalue weighted by Crippen LogP contribution is -2.27. The summed E-state index contributed by atoms with van der Waals surface area (Å²) in [6.45, 7) is 3.76. The van der Waals surface area contributed by atoms with E-state index in [1.54, 1.807) is 0 Å². The van der Waals surface area contributed by atoms with Crippen LogP contribution in [0.3, 0.4) is 0 Å². The minimum Gasteiger partial charge on any atom is -0.334 e. The summed E-state index contributed by atoms with van der Waals surface area (Å²) >= 11 is 1.88. The van der Waals surface area contributed by atoms with Gasteiger partial charge < -0.3 is 14.8 Å². The van der Waals surface area contributed by atoms with Gasteiger partial charge in [0.2, 0.25) is 5.82 Å². The Morgan fingerprint density at radius 1 is 1.26 bits per heavy atom. The van der Waals surface area contributed by atoms with Crippen molar-refractivity contribution in [1.29, 1.82) is 0 Å². The third kappa shape index (κ3) is 4.26. The van der Waals surface area contributed by atoms with Crippen LogP contribution in [0.1, 0.15) is 23.7 Å². The number of rotatable bonds is 5. The van der Waals surface area contributed by atoms with E-state index in [0.29, 0.717) is 17.3 Å². The Morgan fingerprint density at radius 3 is 2.85 bits per heavy atom. The van der Waals surface area contributed by atoms with Crippen molar-refractivity contribution in [2.24, 2.45) is 0 Å². The summed E-state index contributed by atoms with van der Waals surface area (Å²) in [5.41, 5.74) is 4.45. The average Bonchev–Trinajstić information content (AvgIpc) is 3.16. The SMILES string of the molecule is CCSCc1ccc(-c2nc(-c3cc4c([nH]c3=O)CCNC4)no2)cc1.Cl. The van der Waals surface area contributed by atoms with Crippen molar-refractivity contribution in [3.05, 3.63) is 57.5 Å². The van der Waals surface area contributed by atoms with Crippen LogP contribution < -0.4 is 10.9 Å². The number of thioether (sulfide) groups is 1. The average molecular weight is 405 g/mol. The molecule has 2 aromatic heterocycles. The summed E-state index contributed by atoms with van der Waals surface area (Å²) in [5.74, 6) is 2.83. The van der Waals surface area contributed by atoms with Gasteiger partial charge in [-0.05, 0) is 35.1 Å². The molecule has 1 aromatic carbocycles. The number of nitrogens with one attached hydrogen (secondary N) is 2. The Balaban J connectivity index is 0.00000210. The Morgan fingerprint density at radius 2 is 2.07 bits per heavy atom. The molecule has 1 aliphatic rings. The van der Waals surface area contributed by atoms with Crippen LogP contribution in [0, 0.1) is 0 Å². The molecule has 3 aromatic rings. The van der Waals surface area contributed by atoms with Crippen molar-refractivity contribution in [3.63, 3.8) is 0 Å². The normalized spacial score (nSPS) is 13.1. The first-order chi connectivity index (χ1) is 12.7. The molecule has 3 heterocycles. The monoisotopic (exact) mass is 404 g/mol. The molecule has 1 aliphatic heterocycles. The van der Waals surface area contributed by atoms with Gasteiger partial charge in [0.15, 0.2) is 0 Å². The summed E-state index contributed by atoms with van der Waals surface area (Å²) in [7, 11) is 0. The minimum absolute atomic E-state index is 0. The predicted octanol–water partition coefficient (Wildman–Crippen LogP) is 3.41. The van der Waals surface area contributed by atoms with Crippen molar-refractivity contribution in [3.8, 4) is 22.8 Å². The summed E-state index contributed by atoms with van der Waals surface area (Å²) in [6, 6.07) is 9.95. The Kier molecular flexibility index (Phi) is 6.36. The van der Waals surface area contributed by atoms with Crippen molar-refractivity contribution in [2.75, 3.05) is 12.3 Å². The molecule has 4 rings (SSSR count). The molecule has 27 heavy (non-hydrogen) atoms. The van der Waals surface area contributed by atoms with Crippen molar-refractivity contribution in [1.82, 2.24) is 20.4 Å². The Labute approximate surface area is 167 Å². The lowest BCUT2D eigenvalue weighted by molar-refractivity contribution is 0.432. The quantitative estimate of drug-likeness (QED) is 0.678. The van der Waals surface area contributed by atoms with E-state index in [1.807, 2.05) is 30.0 Å². The number of pyridine rings is 1. The van der Waals surface area contributed by atoms with Gasteiger partial charge in [-0.15, -0.1) is 12.4 Å². The van der Waals surface area contributed by atoms with E-state index in [1.165, 1.54) is 5.56 Å². The molecule has 0 saturated carbocycles. The minimum atomic E-state index is -0.176. The van der Waals surface area contributed by atoms with E-state index >= 15 is 0 Å². The van der Waals surface area contributed by atoms with Crippen molar-refractivity contribution >= 4 is 24.2 Å². The number of halogens is 1. The second-order valence-electron chi connectivity index (χ2n) is 6.20. The van der Waals surface area contributed by atoms with Crippen molar-refractivity contribution < 1.29 is 4.52 Å². The molecule has 0 atom stereocenters. The molecule has 0 spiro atoms. The van der Waals surface area contributed by atoms with Gasteiger partial charge in [-0.25, -0.2) is 0 Å². The fourth-order valence-electron chi connectivity index (χ4n) is 3.01. The van der Waals surface area contributed by atoms with Gasteiger partial charge in [0.05, 0.1) is 5.56 Å². The third-order valence-electron chi connectivity index (χ3n) is 4.42. The van der Waals surface area contributed by atoms with Crippen LogP contribution in [0.15, 0.2) is 39.6 Å². The molecule has 0 saturated heterocycles. The van der Waals surface area contributed by atoms with Crippen LogP contribution in [-0.4, -0.2) is 27.4 Å². The number of aromatic amines is 1. The van der Waals surface area contributed by atoms with E-state index in [2.05, 4.69) is 39.5 Å². The number of hydrogen-bond acceptors (Lipinski definition) is 6. The maximum absolute atomic E-state index is 12.4. The molecule has 2 N–H and O–H groups in total. The smallest absolute Gasteiger partial charge is 0.259 e. The van der Waals surface area contributed by atoms with Gasteiger partial charge in [0, 0.05) is 36.5 Å². The van der Waals surface area contributed by atoms with Gasteiger partial charge in [-0.2, -0.15) is 16.7 Å². The molecule has 0 amide bonds. The third-order valence-corrected chi connectivity index (χ3v) is 5.37. The first-order valence-electron chi connectivity index (χ1n) is 8.71. The summed E-state index contributed by atoms with van der Waals surface area (Å²) in [6.07, 6.45) is 0.824. The fraction of sp³-hybridized carbons (Fsp3) is 0.316. The zero-order chi connectivity index (χ0) is 17.9. The number of aromatic nitrogens is 3. The Hall–Kier alpha value is -2.09. The van der Waals surface area contributed by atoms with Gasteiger partial charge in [-0.3, -0.25) is 4.79 Å². The van der Waals surface area contributed by atoms with E-state index < -0.39 is 0 Å². The molecular formula is C19H21ClN4O2S. The highest BCUT2D eigenvalue weighted by Crippen LogP contribution is 2.23. The topological polar surface area (TPSA) is 83.8 Å². The van der Waals surface area contributed by atoms with Crippen LogP contribution in [0.4, 0.5) is 0 Å². The lowest BCUT2D eigenvalue weighted by Gasteiger charge is -2.16. The first-order valence-corrected chi connectivity index (χ1v) is 9.87. The van der Waals surface area contributed by atoms with Crippen LogP contribution in [-0.2, 0) is 18.7 Å². The van der Waals surface area contributed by atoms with Gasteiger partial charge >= 0.3 is 0 Å². The largest absolute Gasteiger partial charge is 0.334 e. The highest BCUT2D eigenvalue weighted by atomic mass is 35.5. The second kappa shape index (κ2) is 8.73. The van der Waals surface area contributed by atoms with Crippen LogP contribution in [0.25, 0.3) is 22.8 Å². The molecule has 142 valence electrons. The molecule has 0 radical (unpaired) electrons. The van der Waals surface area contributed by atoms with Crippen molar-refractivity contribution in [2.45, 2.75) is 25.6 Å². The molecular weight excluding hydrogens is 384 g/mol. The van der Waals surface area contributed by atoms with Crippen LogP contribution in [0.2, 0.25) is 0 Å². The molecule has 6 nitrogen and oxygen atoms in total. The summed E-state index contributed by atoms with van der Waals surface area (Å²) in [4.78, 5) is 19.8. The predicted molar refractivity (Wildman–Crippen MR) is 110 cm³/mol. The maximum Gasteiger partial charge on any atom is 0.259 e.